The summed E-state index contributed by atoms with van der Waals surface area (Å²) in [4.78, 5) is 14.0. The summed E-state index contributed by atoms with van der Waals surface area (Å²) in [6, 6.07) is 5.65. The highest BCUT2D eigenvalue weighted by atomic mass is 19.1. The van der Waals surface area contributed by atoms with Crippen molar-refractivity contribution in [1.82, 2.24) is 15.5 Å². The standard InChI is InChI=1S/C17H28FN3O2/c1-12(2)9-15(11-22)20-17(23)19-10-16(21(3)4)13-5-7-14(18)8-6-13/h5-8,12,15-16,22H,9-11H2,1-4H3,(H2,19,20,23). The Bertz CT molecular complexity index is 477. The topological polar surface area (TPSA) is 64.6 Å². The predicted octanol–water partition coefficient (Wildman–Crippen LogP) is 2.13. The first-order valence-electron chi connectivity index (χ1n) is 7.90. The number of hydrogen-bond donors (Lipinski definition) is 3. The third-order valence-corrected chi connectivity index (χ3v) is 3.65. The summed E-state index contributed by atoms with van der Waals surface area (Å²) in [6.07, 6.45) is 0.721. The van der Waals surface area contributed by atoms with Gasteiger partial charge in [0.25, 0.3) is 0 Å². The van der Waals surface area contributed by atoms with Gasteiger partial charge in [-0.3, -0.25) is 0 Å². The highest BCUT2D eigenvalue weighted by molar-refractivity contribution is 5.74. The number of carbonyl (C=O) groups excluding carboxylic acids is 1. The Balaban J connectivity index is 2.58. The number of hydrogen-bond acceptors (Lipinski definition) is 3. The minimum atomic E-state index is -0.307. The van der Waals surface area contributed by atoms with E-state index in [1.165, 1.54) is 12.1 Å². The van der Waals surface area contributed by atoms with Gasteiger partial charge >= 0.3 is 6.03 Å². The highest BCUT2D eigenvalue weighted by Gasteiger charge is 2.17. The third kappa shape index (κ3) is 6.97. The predicted molar refractivity (Wildman–Crippen MR) is 89.7 cm³/mol. The van der Waals surface area contributed by atoms with E-state index in [1.54, 1.807) is 12.1 Å². The van der Waals surface area contributed by atoms with E-state index < -0.39 is 0 Å². The van der Waals surface area contributed by atoms with Gasteiger partial charge in [0, 0.05) is 6.54 Å². The number of amides is 2. The van der Waals surface area contributed by atoms with Crippen LogP contribution >= 0.6 is 0 Å². The second kappa shape index (κ2) is 9.47. The van der Waals surface area contributed by atoms with E-state index in [-0.39, 0.29) is 30.5 Å². The minimum Gasteiger partial charge on any atom is -0.394 e. The van der Waals surface area contributed by atoms with Gasteiger partial charge in [0.05, 0.1) is 18.7 Å². The van der Waals surface area contributed by atoms with Crippen molar-refractivity contribution >= 4 is 6.03 Å². The molecule has 0 bridgehead atoms. The van der Waals surface area contributed by atoms with Gasteiger partial charge in [-0.2, -0.15) is 0 Å². The van der Waals surface area contributed by atoms with Crippen molar-refractivity contribution in [2.75, 3.05) is 27.2 Å². The van der Waals surface area contributed by atoms with Gasteiger partial charge in [-0.05, 0) is 44.1 Å². The maximum atomic E-state index is 13.0. The Kier molecular flexibility index (Phi) is 7.98. The second-order valence-corrected chi connectivity index (χ2v) is 6.39. The molecule has 5 nitrogen and oxygen atoms in total. The summed E-state index contributed by atoms with van der Waals surface area (Å²) < 4.78 is 13.0. The smallest absolute Gasteiger partial charge is 0.315 e. The van der Waals surface area contributed by atoms with Crippen LogP contribution in [0.25, 0.3) is 0 Å². The van der Waals surface area contributed by atoms with E-state index in [1.807, 2.05) is 32.8 Å². The summed E-state index contributed by atoms with van der Waals surface area (Å²) in [7, 11) is 3.81. The van der Waals surface area contributed by atoms with Crippen LogP contribution in [-0.2, 0) is 0 Å². The summed E-state index contributed by atoms with van der Waals surface area (Å²) in [5.41, 5.74) is 0.928. The fourth-order valence-corrected chi connectivity index (χ4v) is 2.46. The molecule has 0 spiro atoms. The number of aliphatic hydroxyl groups excluding tert-OH is 1. The molecule has 3 N–H and O–H groups in total. The van der Waals surface area contributed by atoms with Crippen LogP contribution in [0.5, 0.6) is 0 Å². The normalized spacial score (nSPS) is 13.9. The number of likely N-dealkylation sites (N-methyl/N-ethyl adjacent to an activating group) is 1. The van der Waals surface area contributed by atoms with Gasteiger partial charge in [0.15, 0.2) is 0 Å². The van der Waals surface area contributed by atoms with Crippen LogP contribution in [0.1, 0.15) is 31.9 Å². The molecule has 0 aliphatic heterocycles. The molecular weight excluding hydrogens is 297 g/mol. The lowest BCUT2D eigenvalue weighted by atomic mass is 10.0. The first kappa shape index (κ1) is 19.4. The van der Waals surface area contributed by atoms with E-state index in [4.69, 9.17) is 0 Å². The zero-order chi connectivity index (χ0) is 17.4. The van der Waals surface area contributed by atoms with Gasteiger partial charge in [-0.1, -0.05) is 26.0 Å². The SMILES string of the molecule is CC(C)CC(CO)NC(=O)NCC(c1ccc(F)cc1)N(C)C. The van der Waals surface area contributed by atoms with Crippen LogP contribution in [-0.4, -0.2) is 49.3 Å². The zero-order valence-corrected chi connectivity index (χ0v) is 14.3. The van der Waals surface area contributed by atoms with E-state index >= 15 is 0 Å². The van der Waals surface area contributed by atoms with Crippen LogP contribution in [0.2, 0.25) is 0 Å². The van der Waals surface area contributed by atoms with Gasteiger partial charge < -0.3 is 20.6 Å². The lowest BCUT2D eigenvalue weighted by molar-refractivity contribution is 0.203. The third-order valence-electron chi connectivity index (χ3n) is 3.65. The number of nitrogens with one attached hydrogen (secondary N) is 2. The maximum Gasteiger partial charge on any atom is 0.315 e. The molecule has 0 fully saturated rings. The lowest BCUT2D eigenvalue weighted by Crippen LogP contribution is -2.46. The number of benzene rings is 1. The van der Waals surface area contributed by atoms with E-state index in [9.17, 15) is 14.3 Å². The number of rotatable bonds is 8. The molecule has 1 rings (SSSR count). The van der Waals surface area contributed by atoms with E-state index in [2.05, 4.69) is 10.6 Å². The monoisotopic (exact) mass is 325 g/mol. The second-order valence-electron chi connectivity index (χ2n) is 6.39. The van der Waals surface area contributed by atoms with Crippen molar-refractivity contribution in [3.05, 3.63) is 35.6 Å². The molecule has 23 heavy (non-hydrogen) atoms. The van der Waals surface area contributed by atoms with Crippen molar-refractivity contribution in [3.63, 3.8) is 0 Å². The molecule has 6 heteroatoms. The molecule has 2 unspecified atom stereocenters. The number of urea groups is 1. The first-order valence-corrected chi connectivity index (χ1v) is 7.90. The Labute approximate surface area is 137 Å². The average molecular weight is 325 g/mol. The average Bonchev–Trinajstić information content (AvgIpc) is 2.47. The molecule has 1 aromatic carbocycles. The van der Waals surface area contributed by atoms with Crippen LogP contribution in [0.15, 0.2) is 24.3 Å². The van der Waals surface area contributed by atoms with Gasteiger partial charge in [0.2, 0.25) is 0 Å². The molecule has 130 valence electrons. The number of halogens is 1. The van der Waals surface area contributed by atoms with Crippen molar-refractivity contribution in [2.24, 2.45) is 5.92 Å². The number of aliphatic hydroxyl groups is 1. The van der Waals surface area contributed by atoms with Crippen LogP contribution < -0.4 is 10.6 Å². The molecular formula is C17H28FN3O2. The quantitative estimate of drug-likeness (QED) is 0.686. The van der Waals surface area contributed by atoms with Crippen molar-refractivity contribution in [1.29, 1.82) is 0 Å². The molecule has 2 atom stereocenters. The van der Waals surface area contributed by atoms with Crippen LogP contribution in [0, 0.1) is 11.7 Å². The lowest BCUT2D eigenvalue weighted by Gasteiger charge is -2.26. The summed E-state index contributed by atoms with van der Waals surface area (Å²) in [5, 5.41) is 14.9. The van der Waals surface area contributed by atoms with E-state index in [0.29, 0.717) is 12.5 Å². The van der Waals surface area contributed by atoms with Crippen LogP contribution in [0.3, 0.4) is 0 Å². The highest BCUT2D eigenvalue weighted by Crippen LogP contribution is 2.17. The first-order chi connectivity index (χ1) is 10.8. The summed E-state index contributed by atoms with van der Waals surface area (Å²) >= 11 is 0. The zero-order valence-electron chi connectivity index (χ0n) is 14.3. The maximum absolute atomic E-state index is 13.0. The van der Waals surface area contributed by atoms with E-state index in [0.717, 1.165) is 12.0 Å². The molecule has 2 amide bonds. The molecule has 0 heterocycles. The Hall–Kier alpha value is -1.66. The Morgan fingerprint density at radius 3 is 2.35 bits per heavy atom. The van der Waals surface area contributed by atoms with Crippen molar-refractivity contribution < 1.29 is 14.3 Å². The Morgan fingerprint density at radius 2 is 1.87 bits per heavy atom. The van der Waals surface area contributed by atoms with Gasteiger partial charge in [-0.25, -0.2) is 9.18 Å². The van der Waals surface area contributed by atoms with Gasteiger partial charge in [0.1, 0.15) is 5.82 Å². The van der Waals surface area contributed by atoms with Crippen molar-refractivity contribution in [3.8, 4) is 0 Å². The minimum absolute atomic E-state index is 0.0565. The Morgan fingerprint density at radius 1 is 1.26 bits per heavy atom. The number of carbonyl (C=O) groups is 1. The number of nitrogens with zero attached hydrogens (tertiary/aromatic N) is 1. The molecule has 0 radical (unpaired) electrons. The van der Waals surface area contributed by atoms with Crippen molar-refractivity contribution in [2.45, 2.75) is 32.4 Å². The fraction of sp³-hybridized carbons (Fsp3) is 0.588. The molecule has 0 aliphatic rings. The molecule has 1 aromatic rings. The summed E-state index contributed by atoms with van der Waals surface area (Å²) in [6.45, 7) is 4.39. The fourth-order valence-electron chi connectivity index (χ4n) is 2.46. The molecule has 0 saturated heterocycles. The largest absolute Gasteiger partial charge is 0.394 e. The summed E-state index contributed by atoms with van der Waals surface area (Å²) in [5.74, 6) is 0.109. The molecule has 0 saturated carbocycles. The molecule has 0 aliphatic carbocycles. The van der Waals surface area contributed by atoms with Crippen LogP contribution in [0.4, 0.5) is 9.18 Å². The molecule has 0 aromatic heterocycles. The van der Waals surface area contributed by atoms with Gasteiger partial charge in [-0.15, -0.1) is 0 Å².